The molecule has 7 nitrogen and oxygen atoms in total. The van der Waals surface area contributed by atoms with Crippen molar-refractivity contribution in [2.24, 2.45) is 4.99 Å². The molecule has 0 atom stereocenters. The molecular formula is C21H37IN4O3. The monoisotopic (exact) mass is 520 g/mol. The van der Waals surface area contributed by atoms with E-state index in [1.165, 1.54) is 5.56 Å². The highest BCUT2D eigenvalue weighted by Gasteiger charge is 2.34. The Morgan fingerprint density at radius 1 is 1.21 bits per heavy atom. The Morgan fingerprint density at radius 2 is 1.93 bits per heavy atom. The number of likely N-dealkylation sites (N-methyl/N-ethyl adjacent to an activating group) is 1. The fourth-order valence-electron chi connectivity index (χ4n) is 3.36. The van der Waals surface area contributed by atoms with Crippen molar-refractivity contribution in [2.75, 3.05) is 61.2 Å². The second-order valence-electron chi connectivity index (χ2n) is 7.46. The first-order valence-electron chi connectivity index (χ1n) is 9.92. The Hall–Kier alpha value is -1.10. The molecule has 1 aliphatic rings. The number of hydrogen-bond donors (Lipinski definition) is 2. The van der Waals surface area contributed by atoms with Crippen molar-refractivity contribution in [3.63, 3.8) is 0 Å². The van der Waals surface area contributed by atoms with Gasteiger partial charge >= 0.3 is 0 Å². The summed E-state index contributed by atoms with van der Waals surface area (Å²) in [7, 11) is 7.75. The number of halogens is 1. The van der Waals surface area contributed by atoms with Gasteiger partial charge in [0.1, 0.15) is 12.4 Å². The first-order chi connectivity index (χ1) is 13.5. The summed E-state index contributed by atoms with van der Waals surface area (Å²) in [6.45, 7) is 6.24. The molecule has 8 heteroatoms. The van der Waals surface area contributed by atoms with Gasteiger partial charge in [-0.25, -0.2) is 0 Å². The zero-order valence-electron chi connectivity index (χ0n) is 18.4. The van der Waals surface area contributed by atoms with Crippen molar-refractivity contribution < 1.29 is 14.2 Å². The van der Waals surface area contributed by atoms with Crippen LogP contribution in [0, 0.1) is 6.92 Å². The molecule has 0 aliphatic carbocycles. The highest BCUT2D eigenvalue weighted by Crippen LogP contribution is 2.25. The molecule has 1 aromatic rings. The van der Waals surface area contributed by atoms with Crippen molar-refractivity contribution >= 4 is 29.9 Å². The van der Waals surface area contributed by atoms with Gasteiger partial charge in [0.25, 0.3) is 0 Å². The summed E-state index contributed by atoms with van der Waals surface area (Å²) in [5, 5.41) is 6.91. The predicted molar refractivity (Wildman–Crippen MR) is 129 cm³/mol. The van der Waals surface area contributed by atoms with Crippen LogP contribution in [0.3, 0.4) is 0 Å². The van der Waals surface area contributed by atoms with Gasteiger partial charge in [0, 0.05) is 51.6 Å². The molecule has 0 unspecified atom stereocenters. The van der Waals surface area contributed by atoms with Gasteiger partial charge in [0.15, 0.2) is 5.96 Å². The van der Waals surface area contributed by atoms with Gasteiger partial charge in [-0.1, -0.05) is 12.1 Å². The van der Waals surface area contributed by atoms with Gasteiger partial charge in [-0.05, 0) is 45.5 Å². The summed E-state index contributed by atoms with van der Waals surface area (Å²) in [5.74, 6) is 1.67. The first-order valence-corrected chi connectivity index (χ1v) is 9.92. The Bertz CT molecular complexity index is 634. The van der Waals surface area contributed by atoms with Crippen LogP contribution in [0.1, 0.15) is 24.0 Å². The highest BCUT2D eigenvalue weighted by molar-refractivity contribution is 14.0. The van der Waals surface area contributed by atoms with E-state index in [0.29, 0.717) is 19.8 Å². The van der Waals surface area contributed by atoms with Crippen molar-refractivity contribution in [1.82, 2.24) is 15.5 Å². The summed E-state index contributed by atoms with van der Waals surface area (Å²) in [6, 6.07) is 6.25. The molecular weight excluding hydrogens is 483 g/mol. The maximum Gasteiger partial charge on any atom is 0.191 e. The molecule has 2 N–H and O–H groups in total. The van der Waals surface area contributed by atoms with E-state index in [9.17, 15) is 0 Å². The number of aliphatic imine (C=N–C) groups is 1. The summed E-state index contributed by atoms with van der Waals surface area (Å²) in [4.78, 5) is 6.69. The largest absolute Gasteiger partial charge is 0.491 e. The molecule has 0 spiro atoms. The third-order valence-electron chi connectivity index (χ3n) is 5.39. The van der Waals surface area contributed by atoms with Gasteiger partial charge in [-0.2, -0.15) is 0 Å². The van der Waals surface area contributed by atoms with Crippen molar-refractivity contribution in [3.05, 3.63) is 29.3 Å². The van der Waals surface area contributed by atoms with Crippen molar-refractivity contribution in [2.45, 2.75) is 31.8 Å². The molecule has 0 saturated carbocycles. The maximum absolute atomic E-state index is 5.88. The third kappa shape index (κ3) is 7.92. The Labute approximate surface area is 192 Å². The Kier molecular flexibility index (Phi) is 11.9. The number of hydrogen-bond acceptors (Lipinski definition) is 5. The van der Waals surface area contributed by atoms with Gasteiger partial charge in [-0.3, -0.25) is 4.99 Å². The smallest absolute Gasteiger partial charge is 0.191 e. The van der Waals surface area contributed by atoms with Crippen LogP contribution in [0.25, 0.3) is 0 Å². The summed E-state index contributed by atoms with van der Waals surface area (Å²) < 4.78 is 16.5. The molecule has 1 aliphatic heterocycles. The molecule has 1 aromatic carbocycles. The van der Waals surface area contributed by atoms with Gasteiger partial charge in [0.2, 0.25) is 0 Å². The van der Waals surface area contributed by atoms with E-state index in [2.05, 4.69) is 59.7 Å². The minimum atomic E-state index is 0. The van der Waals surface area contributed by atoms with Gasteiger partial charge in [0.05, 0.1) is 6.61 Å². The number of nitrogens with one attached hydrogen (secondary N) is 2. The topological polar surface area (TPSA) is 67.4 Å². The van der Waals surface area contributed by atoms with E-state index in [4.69, 9.17) is 14.2 Å². The minimum Gasteiger partial charge on any atom is -0.491 e. The van der Waals surface area contributed by atoms with E-state index in [0.717, 1.165) is 49.9 Å². The number of methoxy groups -OCH3 is 1. The quantitative estimate of drug-likeness (QED) is 0.226. The lowest BCUT2D eigenvalue weighted by molar-refractivity contribution is -0.00501. The fraction of sp³-hybridized carbons (Fsp3) is 0.667. The van der Waals surface area contributed by atoms with E-state index in [1.54, 1.807) is 14.2 Å². The number of aryl methyl sites for hydroxylation is 1. The fourth-order valence-corrected chi connectivity index (χ4v) is 3.36. The lowest BCUT2D eigenvalue weighted by Gasteiger charge is -2.43. The molecule has 0 radical (unpaired) electrons. The van der Waals surface area contributed by atoms with Crippen LogP contribution in [0.15, 0.2) is 23.2 Å². The SMILES string of the molecule is CN=C(NCc1ccc(C)cc1OCCOC)NCC1(N(C)C)CCOCC1.I. The highest BCUT2D eigenvalue weighted by atomic mass is 127. The second-order valence-corrected chi connectivity index (χ2v) is 7.46. The van der Waals surface area contributed by atoms with Gasteiger partial charge < -0.3 is 29.7 Å². The molecule has 166 valence electrons. The molecule has 1 fully saturated rings. The number of ether oxygens (including phenoxy) is 3. The molecule has 0 bridgehead atoms. The van der Waals surface area contributed by atoms with Gasteiger partial charge in [-0.15, -0.1) is 24.0 Å². The van der Waals surface area contributed by atoms with E-state index in [-0.39, 0.29) is 29.5 Å². The van der Waals surface area contributed by atoms with E-state index >= 15 is 0 Å². The Morgan fingerprint density at radius 3 is 2.55 bits per heavy atom. The molecule has 0 aromatic heterocycles. The number of nitrogens with zero attached hydrogens (tertiary/aromatic N) is 2. The second kappa shape index (κ2) is 13.3. The Balaban J connectivity index is 0.00000420. The lowest BCUT2D eigenvalue weighted by atomic mass is 9.88. The normalized spacial score (nSPS) is 16.3. The minimum absolute atomic E-state index is 0. The molecule has 2 rings (SSSR count). The zero-order valence-corrected chi connectivity index (χ0v) is 20.7. The van der Waals surface area contributed by atoms with Crippen LogP contribution >= 0.6 is 24.0 Å². The standard InChI is InChI=1S/C21H36N4O3.HI/c1-17-6-7-18(19(14-17)28-13-12-26-5)15-23-20(22-2)24-16-21(25(3)4)8-10-27-11-9-21;/h6-7,14H,8-13,15-16H2,1-5H3,(H2,22,23,24);1H. The number of rotatable bonds is 9. The third-order valence-corrected chi connectivity index (χ3v) is 5.39. The molecule has 29 heavy (non-hydrogen) atoms. The van der Waals surface area contributed by atoms with Crippen LogP contribution in [-0.4, -0.2) is 77.6 Å². The zero-order chi connectivity index (χ0) is 20.4. The lowest BCUT2D eigenvalue weighted by Crippen LogP contribution is -2.57. The first kappa shape index (κ1) is 25.9. The van der Waals surface area contributed by atoms with E-state index < -0.39 is 0 Å². The van der Waals surface area contributed by atoms with E-state index in [1.807, 2.05) is 0 Å². The van der Waals surface area contributed by atoms with Crippen LogP contribution in [-0.2, 0) is 16.0 Å². The maximum atomic E-state index is 5.88. The predicted octanol–water partition coefficient (Wildman–Crippen LogP) is 2.41. The summed E-state index contributed by atoms with van der Waals surface area (Å²) in [6.07, 6.45) is 2.03. The number of guanidine groups is 1. The van der Waals surface area contributed by atoms with Crippen LogP contribution in [0.5, 0.6) is 5.75 Å². The van der Waals surface area contributed by atoms with Crippen molar-refractivity contribution in [1.29, 1.82) is 0 Å². The molecule has 1 heterocycles. The summed E-state index contributed by atoms with van der Waals surface area (Å²) in [5.41, 5.74) is 2.36. The average Bonchev–Trinajstić information content (AvgIpc) is 2.70. The number of benzene rings is 1. The molecule has 0 amide bonds. The summed E-state index contributed by atoms with van der Waals surface area (Å²) >= 11 is 0. The van der Waals surface area contributed by atoms with Crippen LogP contribution in [0.4, 0.5) is 0 Å². The van der Waals surface area contributed by atoms with Crippen LogP contribution in [0.2, 0.25) is 0 Å². The molecule has 1 saturated heterocycles. The van der Waals surface area contributed by atoms with Crippen molar-refractivity contribution in [3.8, 4) is 5.75 Å². The average molecular weight is 520 g/mol. The van der Waals surface area contributed by atoms with Crippen LogP contribution < -0.4 is 15.4 Å².